The van der Waals surface area contributed by atoms with E-state index in [4.69, 9.17) is 15.2 Å². The molecule has 3 N–H and O–H groups in total. The van der Waals surface area contributed by atoms with Crippen LogP contribution in [0.4, 0.5) is 17.6 Å². The summed E-state index contributed by atoms with van der Waals surface area (Å²) in [6.07, 6.45) is 2.60. The summed E-state index contributed by atoms with van der Waals surface area (Å²) < 4.78 is 12.7. The van der Waals surface area contributed by atoms with E-state index < -0.39 is 0 Å². The average molecular weight is 394 g/mol. The van der Waals surface area contributed by atoms with Crippen LogP contribution in [0.3, 0.4) is 0 Å². The predicted octanol–water partition coefficient (Wildman–Crippen LogP) is 3.08. The van der Waals surface area contributed by atoms with Crippen molar-refractivity contribution >= 4 is 17.6 Å². The molecular formula is C21H26N6O2. The van der Waals surface area contributed by atoms with Gasteiger partial charge in [-0.25, -0.2) is 0 Å². The van der Waals surface area contributed by atoms with Crippen molar-refractivity contribution in [2.24, 2.45) is 0 Å². The van der Waals surface area contributed by atoms with Crippen LogP contribution >= 0.6 is 0 Å². The van der Waals surface area contributed by atoms with Gasteiger partial charge in [0.1, 0.15) is 18.1 Å². The van der Waals surface area contributed by atoms with Crippen molar-refractivity contribution in [1.29, 1.82) is 0 Å². The maximum atomic E-state index is 6.03. The van der Waals surface area contributed by atoms with Crippen LogP contribution in [0.15, 0.2) is 48.5 Å². The molecule has 152 valence electrons. The van der Waals surface area contributed by atoms with Gasteiger partial charge in [-0.05, 0) is 62.3 Å². The normalized spacial score (nSPS) is 14.1. The Kier molecular flexibility index (Phi) is 5.81. The second kappa shape index (κ2) is 8.83. The lowest BCUT2D eigenvalue weighted by molar-refractivity contribution is 0.238. The molecule has 8 nitrogen and oxygen atoms in total. The van der Waals surface area contributed by atoms with Crippen LogP contribution in [0, 0.1) is 0 Å². The van der Waals surface area contributed by atoms with E-state index in [1.165, 1.54) is 25.9 Å². The maximum absolute atomic E-state index is 6.03. The lowest BCUT2D eigenvalue weighted by Gasteiger charge is -2.15. The topological polar surface area (TPSA) is 90.5 Å². The first-order chi connectivity index (χ1) is 14.2. The molecule has 29 heavy (non-hydrogen) atoms. The molecule has 1 aromatic heterocycles. The van der Waals surface area contributed by atoms with Crippen LogP contribution in [0.25, 0.3) is 5.69 Å². The fourth-order valence-corrected chi connectivity index (χ4v) is 3.37. The number of anilines is 3. The molecule has 1 aliphatic heterocycles. The van der Waals surface area contributed by atoms with Crippen LogP contribution in [-0.2, 0) is 0 Å². The van der Waals surface area contributed by atoms with Crippen molar-refractivity contribution in [3.05, 3.63) is 48.5 Å². The highest BCUT2D eigenvalue weighted by atomic mass is 16.5. The van der Waals surface area contributed by atoms with Crippen molar-refractivity contribution < 1.29 is 9.47 Å². The van der Waals surface area contributed by atoms with Gasteiger partial charge in [0, 0.05) is 18.3 Å². The Labute approximate surface area is 170 Å². The molecule has 1 aliphatic rings. The molecule has 0 atom stereocenters. The van der Waals surface area contributed by atoms with Gasteiger partial charge in [0.15, 0.2) is 0 Å². The summed E-state index contributed by atoms with van der Waals surface area (Å²) in [7, 11) is 1.62. The van der Waals surface area contributed by atoms with Gasteiger partial charge in [-0.1, -0.05) is 6.07 Å². The summed E-state index contributed by atoms with van der Waals surface area (Å²) in [4.78, 5) is 6.73. The van der Waals surface area contributed by atoms with E-state index in [1.54, 1.807) is 11.8 Å². The van der Waals surface area contributed by atoms with E-state index in [0.717, 1.165) is 29.4 Å². The molecule has 0 aliphatic carbocycles. The van der Waals surface area contributed by atoms with Gasteiger partial charge in [0.05, 0.1) is 12.8 Å². The zero-order valence-electron chi connectivity index (χ0n) is 16.5. The zero-order valence-corrected chi connectivity index (χ0v) is 16.5. The molecule has 1 saturated heterocycles. The number of nitrogens with zero attached hydrogens (tertiary/aromatic N) is 4. The molecule has 0 radical (unpaired) electrons. The maximum Gasteiger partial charge on any atom is 0.248 e. The summed E-state index contributed by atoms with van der Waals surface area (Å²) >= 11 is 0. The molecule has 2 aromatic carbocycles. The van der Waals surface area contributed by atoms with Crippen LogP contribution in [-0.4, -0.2) is 53.0 Å². The minimum absolute atomic E-state index is 0.294. The summed E-state index contributed by atoms with van der Waals surface area (Å²) in [5.41, 5.74) is 7.68. The molecule has 1 fully saturated rings. The molecule has 0 unspecified atom stereocenters. The fraction of sp³-hybridized carbons (Fsp3) is 0.333. The summed E-state index contributed by atoms with van der Waals surface area (Å²) in [6, 6.07) is 15.2. The summed E-state index contributed by atoms with van der Waals surface area (Å²) in [5.74, 6) is 2.30. The predicted molar refractivity (Wildman–Crippen MR) is 113 cm³/mol. The van der Waals surface area contributed by atoms with Gasteiger partial charge >= 0.3 is 0 Å². The third kappa shape index (κ3) is 4.78. The van der Waals surface area contributed by atoms with E-state index in [0.29, 0.717) is 18.5 Å². The Morgan fingerprint density at radius 2 is 1.86 bits per heavy atom. The summed E-state index contributed by atoms with van der Waals surface area (Å²) in [5, 5.41) is 7.62. The number of nitrogens with one attached hydrogen (secondary N) is 1. The fourth-order valence-electron chi connectivity index (χ4n) is 3.37. The van der Waals surface area contributed by atoms with E-state index in [1.807, 2.05) is 48.5 Å². The molecule has 4 rings (SSSR count). The van der Waals surface area contributed by atoms with Crippen molar-refractivity contribution in [1.82, 2.24) is 19.7 Å². The standard InChI is InChI=1S/C21H26N6O2/c1-28-19-6-4-5-17(15-19)27-20(22)24-21(25-27)23-16-7-9-18(10-8-16)29-14-13-26-11-2-3-12-26/h4-10,15H,2-3,11-14H2,1H3,(H3,22,23,24,25). The Hall–Kier alpha value is -3.26. The van der Waals surface area contributed by atoms with Crippen LogP contribution < -0.4 is 20.5 Å². The second-order valence-corrected chi connectivity index (χ2v) is 6.95. The Balaban J connectivity index is 1.36. The van der Waals surface area contributed by atoms with Gasteiger partial charge in [0.2, 0.25) is 11.9 Å². The number of methoxy groups -OCH3 is 1. The lowest BCUT2D eigenvalue weighted by atomic mass is 10.3. The average Bonchev–Trinajstić information content (AvgIpc) is 3.39. The highest BCUT2D eigenvalue weighted by molar-refractivity contribution is 5.56. The van der Waals surface area contributed by atoms with Gasteiger partial charge in [0.25, 0.3) is 0 Å². The van der Waals surface area contributed by atoms with Crippen molar-refractivity contribution in [3.63, 3.8) is 0 Å². The number of benzene rings is 2. The number of aromatic nitrogens is 3. The van der Waals surface area contributed by atoms with E-state index in [2.05, 4.69) is 20.3 Å². The van der Waals surface area contributed by atoms with Gasteiger partial charge in [-0.15, -0.1) is 5.10 Å². The third-order valence-corrected chi connectivity index (χ3v) is 4.92. The van der Waals surface area contributed by atoms with E-state index >= 15 is 0 Å². The van der Waals surface area contributed by atoms with Crippen LogP contribution in [0.5, 0.6) is 11.5 Å². The quantitative estimate of drug-likeness (QED) is 0.607. The third-order valence-electron chi connectivity index (χ3n) is 4.92. The first-order valence-electron chi connectivity index (χ1n) is 9.80. The highest BCUT2D eigenvalue weighted by Gasteiger charge is 2.11. The summed E-state index contributed by atoms with van der Waals surface area (Å²) in [6.45, 7) is 4.05. The molecule has 0 bridgehead atoms. The minimum Gasteiger partial charge on any atom is -0.497 e. The highest BCUT2D eigenvalue weighted by Crippen LogP contribution is 2.22. The SMILES string of the molecule is COc1cccc(-n2nc(Nc3ccc(OCCN4CCCC4)cc3)nc2N)c1. The van der Waals surface area contributed by atoms with E-state index in [9.17, 15) is 0 Å². The first-order valence-corrected chi connectivity index (χ1v) is 9.80. The van der Waals surface area contributed by atoms with Gasteiger partial charge in [-0.3, -0.25) is 4.90 Å². The largest absolute Gasteiger partial charge is 0.497 e. The first kappa shape index (κ1) is 19.1. The van der Waals surface area contributed by atoms with E-state index in [-0.39, 0.29) is 0 Å². The monoisotopic (exact) mass is 394 g/mol. The zero-order chi connectivity index (χ0) is 20.1. The lowest BCUT2D eigenvalue weighted by Crippen LogP contribution is -2.25. The minimum atomic E-state index is 0.294. The van der Waals surface area contributed by atoms with Gasteiger partial charge < -0.3 is 20.5 Å². The van der Waals surface area contributed by atoms with Crippen LogP contribution in [0.2, 0.25) is 0 Å². The molecular weight excluding hydrogens is 368 g/mol. The number of hydrogen-bond acceptors (Lipinski definition) is 7. The number of ether oxygens (including phenoxy) is 2. The van der Waals surface area contributed by atoms with Crippen molar-refractivity contribution in [2.45, 2.75) is 12.8 Å². The number of nitrogens with two attached hydrogens (primary N) is 1. The molecule has 3 aromatic rings. The van der Waals surface area contributed by atoms with Gasteiger partial charge in [-0.2, -0.15) is 9.67 Å². The molecule has 8 heteroatoms. The van der Waals surface area contributed by atoms with Crippen molar-refractivity contribution in [3.8, 4) is 17.2 Å². The second-order valence-electron chi connectivity index (χ2n) is 6.95. The number of likely N-dealkylation sites (tertiary alicyclic amines) is 1. The number of nitrogen functional groups attached to an aromatic ring is 1. The number of rotatable bonds is 8. The number of hydrogen-bond donors (Lipinski definition) is 2. The Morgan fingerprint density at radius 3 is 2.62 bits per heavy atom. The molecule has 0 spiro atoms. The van der Waals surface area contributed by atoms with Crippen molar-refractivity contribution in [2.75, 3.05) is 44.4 Å². The molecule has 0 amide bonds. The van der Waals surface area contributed by atoms with Crippen LogP contribution in [0.1, 0.15) is 12.8 Å². The smallest absolute Gasteiger partial charge is 0.248 e. The Morgan fingerprint density at radius 1 is 1.07 bits per heavy atom. The Bertz CT molecular complexity index is 935. The molecule has 2 heterocycles. The molecule has 0 saturated carbocycles.